The highest BCUT2D eigenvalue weighted by Crippen LogP contribution is 2.18. The third-order valence-corrected chi connectivity index (χ3v) is 3.17. The zero-order valence-electron chi connectivity index (χ0n) is 11.8. The van der Waals surface area contributed by atoms with E-state index in [0.29, 0.717) is 0 Å². The van der Waals surface area contributed by atoms with Crippen LogP contribution in [-0.4, -0.2) is 48.9 Å². The Hall–Kier alpha value is -2.20. The highest BCUT2D eigenvalue weighted by Gasteiger charge is 2.30. The minimum absolute atomic E-state index is 0.170. The zero-order valence-corrected chi connectivity index (χ0v) is 12.6. The summed E-state index contributed by atoms with van der Waals surface area (Å²) in [5.41, 5.74) is -2.73. The fourth-order valence-electron chi connectivity index (χ4n) is 1.42. The number of aliphatic carboxylic acids is 1. The molecule has 122 valence electrons. The molecule has 0 bridgehead atoms. The molecule has 0 radical (unpaired) electrons. The van der Waals surface area contributed by atoms with Gasteiger partial charge in [0, 0.05) is 0 Å². The molecule has 4 N–H and O–H groups in total. The Kier molecular flexibility index (Phi) is 5.09. The van der Waals surface area contributed by atoms with Gasteiger partial charge in [0.25, 0.3) is 5.91 Å². The number of carboxylic acid groups (broad SMARTS) is 1. The second kappa shape index (κ2) is 6.28. The van der Waals surface area contributed by atoms with Crippen LogP contribution in [0.3, 0.4) is 0 Å². The molecular formula is C12H15FN2O6S. The van der Waals surface area contributed by atoms with Crippen molar-refractivity contribution in [2.45, 2.75) is 12.5 Å². The molecule has 0 fully saturated rings. The van der Waals surface area contributed by atoms with Gasteiger partial charge in [0.05, 0.1) is 24.1 Å². The van der Waals surface area contributed by atoms with Crippen LogP contribution in [0.25, 0.3) is 0 Å². The molecular weight excluding hydrogens is 319 g/mol. The number of benzene rings is 1. The lowest BCUT2D eigenvalue weighted by molar-refractivity contribution is -0.155. The molecule has 0 aliphatic heterocycles. The van der Waals surface area contributed by atoms with Crippen LogP contribution in [0.15, 0.2) is 18.2 Å². The Bertz CT molecular complexity index is 702. The van der Waals surface area contributed by atoms with E-state index in [1.54, 1.807) is 0 Å². The molecule has 1 aromatic rings. The first-order chi connectivity index (χ1) is 9.92. The summed E-state index contributed by atoms with van der Waals surface area (Å²) in [6.07, 6.45) is 0.854. The van der Waals surface area contributed by atoms with Crippen molar-refractivity contribution in [2.75, 3.05) is 17.5 Å². The first-order valence-corrected chi connectivity index (χ1v) is 7.83. The summed E-state index contributed by atoms with van der Waals surface area (Å²) in [5, 5.41) is 20.3. The predicted octanol–water partition coefficient (Wildman–Crippen LogP) is -0.237. The number of anilines is 1. The third kappa shape index (κ3) is 4.97. The number of carbonyl (C=O) groups excluding carboxylic acids is 1. The van der Waals surface area contributed by atoms with E-state index in [9.17, 15) is 27.5 Å². The largest absolute Gasteiger partial charge is 0.479 e. The van der Waals surface area contributed by atoms with Crippen molar-refractivity contribution in [3.8, 4) is 0 Å². The minimum atomic E-state index is -3.70. The highest BCUT2D eigenvalue weighted by atomic mass is 32.2. The van der Waals surface area contributed by atoms with E-state index >= 15 is 0 Å². The van der Waals surface area contributed by atoms with E-state index in [4.69, 9.17) is 5.11 Å². The molecule has 0 spiro atoms. The molecule has 1 aromatic carbocycles. The number of hydrogen-bond donors (Lipinski definition) is 4. The number of carbonyl (C=O) groups is 2. The monoisotopic (exact) mass is 334 g/mol. The van der Waals surface area contributed by atoms with Crippen molar-refractivity contribution in [1.29, 1.82) is 0 Å². The van der Waals surface area contributed by atoms with Crippen molar-refractivity contribution in [3.05, 3.63) is 29.6 Å². The normalized spacial score (nSPS) is 14.0. The van der Waals surface area contributed by atoms with Gasteiger partial charge in [-0.25, -0.2) is 17.6 Å². The van der Waals surface area contributed by atoms with E-state index in [-0.39, 0.29) is 11.3 Å². The number of aliphatic hydroxyl groups is 1. The third-order valence-electron chi connectivity index (χ3n) is 2.58. The van der Waals surface area contributed by atoms with Crippen molar-refractivity contribution >= 4 is 27.6 Å². The Labute approximate surface area is 126 Å². The van der Waals surface area contributed by atoms with Crippen molar-refractivity contribution < 1.29 is 32.6 Å². The maximum absolute atomic E-state index is 13.2. The number of halogens is 1. The average Bonchev–Trinajstić information content (AvgIpc) is 2.36. The quantitative estimate of drug-likeness (QED) is 0.568. The summed E-state index contributed by atoms with van der Waals surface area (Å²) >= 11 is 0. The molecule has 1 amide bonds. The summed E-state index contributed by atoms with van der Waals surface area (Å²) in [5.74, 6) is -3.28. The van der Waals surface area contributed by atoms with Crippen LogP contribution >= 0.6 is 0 Å². The van der Waals surface area contributed by atoms with Gasteiger partial charge < -0.3 is 15.5 Å². The minimum Gasteiger partial charge on any atom is -0.479 e. The molecule has 1 unspecified atom stereocenters. The standard InChI is InChI=1S/C12H15FN2O6S/c1-12(19,11(17)18)6-14-10(16)8-5-7(13)3-4-9(8)15-22(2,20)21/h3-5,15,19H,6H2,1-2H3,(H,14,16)(H,17,18). The van der Waals surface area contributed by atoms with Gasteiger partial charge >= 0.3 is 5.97 Å². The molecule has 0 aliphatic carbocycles. The SMILES string of the molecule is CC(O)(CNC(=O)c1cc(F)ccc1NS(C)(=O)=O)C(=O)O. The highest BCUT2D eigenvalue weighted by molar-refractivity contribution is 7.92. The van der Waals surface area contributed by atoms with Crippen molar-refractivity contribution in [3.63, 3.8) is 0 Å². The van der Waals surface area contributed by atoms with Gasteiger partial charge in [-0.2, -0.15) is 0 Å². The Morgan fingerprint density at radius 1 is 1.36 bits per heavy atom. The first-order valence-electron chi connectivity index (χ1n) is 5.94. The first kappa shape index (κ1) is 17.9. The van der Waals surface area contributed by atoms with Crippen LogP contribution in [0.1, 0.15) is 17.3 Å². The van der Waals surface area contributed by atoms with Gasteiger partial charge in [0.2, 0.25) is 10.0 Å². The summed E-state index contributed by atoms with van der Waals surface area (Å²) in [6.45, 7) is 0.326. The number of sulfonamides is 1. The van der Waals surface area contributed by atoms with Gasteiger partial charge in [-0.1, -0.05) is 0 Å². The lowest BCUT2D eigenvalue weighted by atomic mass is 10.1. The topological polar surface area (TPSA) is 133 Å². The van der Waals surface area contributed by atoms with Gasteiger partial charge in [-0.05, 0) is 25.1 Å². The Morgan fingerprint density at radius 2 is 1.95 bits per heavy atom. The lowest BCUT2D eigenvalue weighted by Gasteiger charge is -2.19. The Morgan fingerprint density at radius 3 is 2.45 bits per heavy atom. The molecule has 0 aromatic heterocycles. The molecule has 0 saturated carbocycles. The van der Waals surface area contributed by atoms with Crippen LogP contribution in [0.4, 0.5) is 10.1 Å². The molecule has 8 nitrogen and oxygen atoms in total. The van der Waals surface area contributed by atoms with E-state index in [0.717, 1.165) is 31.4 Å². The van der Waals surface area contributed by atoms with Gasteiger partial charge in [-0.3, -0.25) is 9.52 Å². The fourth-order valence-corrected chi connectivity index (χ4v) is 1.99. The molecule has 0 aliphatic rings. The maximum Gasteiger partial charge on any atom is 0.337 e. The summed E-state index contributed by atoms with van der Waals surface area (Å²) in [6, 6.07) is 2.80. The second-order valence-electron chi connectivity index (χ2n) is 4.83. The van der Waals surface area contributed by atoms with Gasteiger partial charge in [0.15, 0.2) is 5.60 Å². The molecule has 0 heterocycles. The number of hydrogen-bond acceptors (Lipinski definition) is 5. The molecule has 0 saturated heterocycles. The van der Waals surface area contributed by atoms with E-state index in [1.165, 1.54) is 0 Å². The number of rotatable bonds is 6. The maximum atomic E-state index is 13.2. The predicted molar refractivity (Wildman–Crippen MR) is 75.5 cm³/mol. The van der Waals surface area contributed by atoms with Crippen LogP contribution in [0.5, 0.6) is 0 Å². The number of carboxylic acids is 1. The van der Waals surface area contributed by atoms with Gasteiger partial charge in [0.1, 0.15) is 5.82 Å². The van der Waals surface area contributed by atoms with E-state index in [1.807, 2.05) is 4.72 Å². The second-order valence-corrected chi connectivity index (χ2v) is 6.57. The lowest BCUT2D eigenvalue weighted by Crippen LogP contribution is -2.46. The molecule has 1 rings (SSSR count). The summed E-state index contributed by atoms with van der Waals surface area (Å²) < 4.78 is 37.7. The van der Waals surface area contributed by atoms with Crippen LogP contribution < -0.4 is 10.0 Å². The molecule has 10 heteroatoms. The van der Waals surface area contributed by atoms with Crippen LogP contribution in [-0.2, 0) is 14.8 Å². The summed E-state index contributed by atoms with van der Waals surface area (Å²) in [4.78, 5) is 22.7. The van der Waals surface area contributed by atoms with E-state index in [2.05, 4.69) is 5.32 Å². The van der Waals surface area contributed by atoms with Crippen LogP contribution in [0, 0.1) is 5.82 Å². The molecule has 22 heavy (non-hydrogen) atoms. The fraction of sp³-hybridized carbons (Fsp3) is 0.333. The number of amides is 1. The summed E-state index contributed by atoms with van der Waals surface area (Å²) in [7, 11) is -3.70. The smallest absolute Gasteiger partial charge is 0.337 e. The molecule has 1 atom stereocenters. The van der Waals surface area contributed by atoms with E-state index < -0.39 is 39.9 Å². The number of nitrogens with one attached hydrogen (secondary N) is 2. The average molecular weight is 334 g/mol. The van der Waals surface area contributed by atoms with Crippen molar-refractivity contribution in [2.24, 2.45) is 0 Å². The van der Waals surface area contributed by atoms with Gasteiger partial charge in [-0.15, -0.1) is 0 Å². The van der Waals surface area contributed by atoms with Crippen LogP contribution in [0.2, 0.25) is 0 Å². The zero-order chi connectivity index (χ0) is 17.1. The Balaban J connectivity index is 3.02. The van der Waals surface area contributed by atoms with Crippen molar-refractivity contribution in [1.82, 2.24) is 5.32 Å².